The van der Waals surface area contributed by atoms with Gasteiger partial charge in [-0.2, -0.15) is 0 Å². The largest absolute Gasteiger partial charge is 0.377 e. The van der Waals surface area contributed by atoms with Gasteiger partial charge in [-0.25, -0.2) is 0 Å². The summed E-state index contributed by atoms with van der Waals surface area (Å²) in [6.07, 6.45) is 4.67. The number of hydrogen-bond donors (Lipinski definition) is 1. The summed E-state index contributed by atoms with van der Waals surface area (Å²) in [7, 11) is 3.90. The second-order valence-electron chi connectivity index (χ2n) is 7.11. The molecule has 2 rings (SSSR count). The molecular weight excluding hydrogens is 246 g/mol. The topological polar surface area (TPSA) is 21.3 Å². The molecule has 1 atom stereocenters. The van der Waals surface area contributed by atoms with Gasteiger partial charge in [0, 0.05) is 13.2 Å². The fourth-order valence-corrected chi connectivity index (χ4v) is 3.15. The lowest BCUT2D eigenvalue weighted by Gasteiger charge is -2.46. The van der Waals surface area contributed by atoms with Crippen LogP contribution in [0.3, 0.4) is 0 Å². The second-order valence-corrected chi connectivity index (χ2v) is 7.11. The maximum absolute atomic E-state index is 5.81. The predicted molar refractivity (Wildman–Crippen MR) is 85.3 cm³/mol. The van der Waals surface area contributed by atoms with E-state index in [1.807, 2.05) is 14.2 Å². The molecular formula is C18H29NO. The van der Waals surface area contributed by atoms with Crippen molar-refractivity contribution < 1.29 is 4.74 Å². The third-order valence-corrected chi connectivity index (χ3v) is 4.85. The highest BCUT2D eigenvalue weighted by molar-refractivity contribution is 5.28. The van der Waals surface area contributed by atoms with Gasteiger partial charge in [-0.3, -0.25) is 0 Å². The van der Waals surface area contributed by atoms with Crippen molar-refractivity contribution in [3.05, 3.63) is 35.4 Å². The molecule has 0 saturated heterocycles. The number of rotatable bonds is 5. The van der Waals surface area contributed by atoms with Crippen LogP contribution in [0.5, 0.6) is 0 Å². The molecule has 112 valence electrons. The van der Waals surface area contributed by atoms with E-state index >= 15 is 0 Å². The maximum Gasteiger partial charge on any atom is 0.0834 e. The van der Waals surface area contributed by atoms with Gasteiger partial charge in [0.2, 0.25) is 0 Å². The van der Waals surface area contributed by atoms with Crippen molar-refractivity contribution in [2.75, 3.05) is 14.2 Å². The van der Waals surface area contributed by atoms with Gasteiger partial charge in [-0.05, 0) is 49.3 Å². The third-order valence-electron chi connectivity index (χ3n) is 4.85. The minimum Gasteiger partial charge on any atom is -0.377 e. The van der Waals surface area contributed by atoms with Gasteiger partial charge in [-0.15, -0.1) is 0 Å². The number of nitrogens with one attached hydrogen (secondary N) is 1. The van der Waals surface area contributed by atoms with Crippen LogP contribution in [0.4, 0.5) is 0 Å². The molecule has 2 heteroatoms. The van der Waals surface area contributed by atoms with Crippen molar-refractivity contribution in [3.63, 3.8) is 0 Å². The van der Waals surface area contributed by atoms with E-state index in [2.05, 4.69) is 50.4 Å². The van der Waals surface area contributed by atoms with Gasteiger partial charge in [-0.1, -0.05) is 45.0 Å². The Balaban J connectivity index is 2.08. The summed E-state index contributed by atoms with van der Waals surface area (Å²) >= 11 is 0. The number of likely N-dealkylation sites (N-methyl/N-ethyl adjacent to an activating group) is 1. The molecule has 1 fully saturated rings. The van der Waals surface area contributed by atoms with Gasteiger partial charge < -0.3 is 10.1 Å². The zero-order chi connectivity index (χ0) is 14.8. The van der Waals surface area contributed by atoms with E-state index in [9.17, 15) is 0 Å². The summed E-state index contributed by atoms with van der Waals surface area (Å²) in [5.41, 5.74) is 3.06. The molecule has 1 aliphatic rings. The summed E-state index contributed by atoms with van der Waals surface area (Å²) in [5.74, 6) is 0. The van der Waals surface area contributed by atoms with E-state index in [4.69, 9.17) is 4.74 Å². The van der Waals surface area contributed by atoms with Crippen molar-refractivity contribution in [1.82, 2.24) is 5.32 Å². The van der Waals surface area contributed by atoms with Crippen LogP contribution in [0, 0.1) is 0 Å². The SMILES string of the molecule is CNC(Cc1ccc(C(C)(C)C)cc1)C1(OC)CCC1. The fraction of sp³-hybridized carbons (Fsp3) is 0.667. The highest BCUT2D eigenvalue weighted by Gasteiger charge is 2.43. The Morgan fingerprint density at radius 1 is 1.20 bits per heavy atom. The molecule has 0 radical (unpaired) electrons. The van der Waals surface area contributed by atoms with Gasteiger partial charge in [0.25, 0.3) is 0 Å². The van der Waals surface area contributed by atoms with Crippen LogP contribution in [0.15, 0.2) is 24.3 Å². The molecule has 20 heavy (non-hydrogen) atoms. The van der Waals surface area contributed by atoms with E-state index in [-0.39, 0.29) is 11.0 Å². The average molecular weight is 275 g/mol. The smallest absolute Gasteiger partial charge is 0.0834 e. The quantitative estimate of drug-likeness (QED) is 0.885. The Morgan fingerprint density at radius 2 is 1.80 bits per heavy atom. The minimum atomic E-state index is 0.0530. The highest BCUT2D eigenvalue weighted by Crippen LogP contribution is 2.39. The first kappa shape index (κ1) is 15.5. The van der Waals surface area contributed by atoms with E-state index in [0.717, 1.165) is 6.42 Å². The summed E-state index contributed by atoms with van der Waals surface area (Å²) in [6.45, 7) is 6.77. The molecule has 1 saturated carbocycles. The Labute approximate surface area is 123 Å². The van der Waals surface area contributed by atoms with Gasteiger partial charge >= 0.3 is 0 Å². The summed E-state index contributed by atoms with van der Waals surface area (Å²) < 4.78 is 5.81. The first-order valence-corrected chi connectivity index (χ1v) is 7.73. The molecule has 0 heterocycles. The van der Waals surface area contributed by atoms with Crippen molar-refractivity contribution in [1.29, 1.82) is 0 Å². The zero-order valence-corrected chi connectivity index (χ0v) is 13.6. The minimum absolute atomic E-state index is 0.0530. The molecule has 1 aliphatic carbocycles. The maximum atomic E-state index is 5.81. The second kappa shape index (κ2) is 5.87. The van der Waals surface area contributed by atoms with Crippen LogP contribution in [0.2, 0.25) is 0 Å². The molecule has 0 aromatic heterocycles. The van der Waals surface area contributed by atoms with E-state index in [0.29, 0.717) is 6.04 Å². The van der Waals surface area contributed by atoms with E-state index in [1.165, 1.54) is 30.4 Å². The molecule has 2 nitrogen and oxygen atoms in total. The van der Waals surface area contributed by atoms with Gasteiger partial charge in [0.1, 0.15) is 0 Å². The molecule has 0 aliphatic heterocycles. The van der Waals surface area contributed by atoms with Crippen molar-refractivity contribution in [3.8, 4) is 0 Å². The van der Waals surface area contributed by atoms with Crippen LogP contribution in [-0.2, 0) is 16.6 Å². The van der Waals surface area contributed by atoms with Crippen molar-refractivity contribution in [2.24, 2.45) is 0 Å². The molecule has 0 amide bonds. The Bertz CT molecular complexity index is 420. The summed E-state index contributed by atoms with van der Waals surface area (Å²) in [4.78, 5) is 0. The molecule has 1 N–H and O–H groups in total. The van der Waals surface area contributed by atoms with Crippen LogP contribution in [0.25, 0.3) is 0 Å². The van der Waals surface area contributed by atoms with Crippen molar-refractivity contribution in [2.45, 2.75) is 63.5 Å². The normalized spacial score (nSPS) is 19.4. The molecule has 1 aromatic carbocycles. The number of methoxy groups -OCH3 is 1. The van der Waals surface area contributed by atoms with Crippen LogP contribution < -0.4 is 5.32 Å². The number of ether oxygens (including phenoxy) is 1. The monoisotopic (exact) mass is 275 g/mol. The fourth-order valence-electron chi connectivity index (χ4n) is 3.15. The third kappa shape index (κ3) is 3.07. The highest BCUT2D eigenvalue weighted by atomic mass is 16.5. The van der Waals surface area contributed by atoms with E-state index < -0.39 is 0 Å². The Kier molecular flexibility index (Phi) is 4.55. The lowest BCUT2D eigenvalue weighted by atomic mass is 9.72. The van der Waals surface area contributed by atoms with Crippen molar-refractivity contribution >= 4 is 0 Å². The molecule has 1 unspecified atom stereocenters. The summed E-state index contributed by atoms with van der Waals surface area (Å²) in [6, 6.07) is 9.48. The van der Waals surface area contributed by atoms with E-state index in [1.54, 1.807) is 0 Å². The summed E-state index contributed by atoms with van der Waals surface area (Å²) in [5, 5.41) is 3.46. The number of hydrogen-bond acceptors (Lipinski definition) is 2. The average Bonchev–Trinajstić information content (AvgIpc) is 2.36. The Morgan fingerprint density at radius 3 is 2.15 bits per heavy atom. The van der Waals surface area contributed by atoms with Crippen LogP contribution in [0.1, 0.15) is 51.2 Å². The predicted octanol–water partition coefficient (Wildman–Crippen LogP) is 3.68. The van der Waals surface area contributed by atoms with Gasteiger partial charge in [0.05, 0.1) is 5.60 Å². The van der Waals surface area contributed by atoms with Crippen LogP contribution >= 0.6 is 0 Å². The lowest BCUT2D eigenvalue weighted by Crippen LogP contribution is -2.56. The van der Waals surface area contributed by atoms with Gasteiger partial charge in [0.15, 0.2) is 0 Å². The Hall–Kier alpha value is -0.860. The molecule has 1 aromatic rings. The first-order valence-electron chi connectivity index (χ1n) is 7.73. The first-order chi connectivity index (χ1) is 9.41. The molecule has 0 spiro atoms. The van der Waals surface area contributed by atoms with Crippen LogP contribution in [-0.4, -0.2) is 25.8 Å². The standard InChI is InChI=1S/C18H29NO/c1-17(2,3)15-9-7-14(8-10-15)13-16(19-4)18(20-5)11-6-12-18/h7-10,16,19H,6,11-13H2,1-5H3. The lowest BCUT2D eigenvalue weighted by molar-refractivity contribution is -0.0966. The number of benzene rings is 1. The zero-order valence-electron chi connectivity index (χ0n) is 13.6. The molecule has 0 bridgehead atoms.